The van der Waals surface area contributed by atoms with Crippen molar-refractivity contribution in [3.63, 3.8) is 0 Å². The lowest BCUT2D eigenvalue weighted by atomic mass is 10.0. The van der Waals surface area contributed by atoms with Crippen molar-refractivity contribution >= 4 is 0 Å². The van der Waals surface area contributed by atoms with Crippen molar-refractivity contribution in [2.75, 3.05) is 19.7 Å². The third kappa shape index (κ3) is 1.73. The average Bonchev–Trinajstić information content (AvgIpc) is 2.63. The molecule has 1 aliphatic rings. The third-order valence-corrected chi connectivity index (χ3v) is 2.42. The molecule has 1 N–H and O–H groups in total. The van der Waals surface area contributed by atoms with Crippen LogP contribution in [0.15, 0.2) is 24.3 Å². The van der Waals surface area contributed by atoms with Crippen molar-refractivity contribution in [3.05, 3.63) is 29.8 Å². The summed E-state index contributed by atoms with van der Waals surface area (Å²) in [5.74, 6) is 4.02. The molecule has 0 spiro atoms. The fourth-order valence-corrected chi connectivity index (χ4v) is 1.72. The second kappa shape index (κ2) is 4.17. The average molecular weight is 187 g/mol. The van der Waals surface area contributed by atoms with E-state index in [-0.39, 0.29) is 0 Å². The molecular weight excluding hydrogens is 174 g/mol. The van der Waals surface area contributed by atoms with Gasteiger partial charge in [0.15, 0.2) is 0 Å². The first-order chi connectivity index (χ1) is 6.92. The summed E-state index contributed by atoms with van der Waals surface area (Å²) in [4.78, 5) is 0. The van der Waals surface area contributed by atoms with E-state index >= 15 is 0 Å². The Morgan fingerprint density at radius 3 is 3.21 bits per heavy atom. The zero-order valence-electron chi connectivity index (χ0n) is 7.99. The predicted octanol–water partition coefficient (Wildman–Crippen LogP) is 1.39. The zero-order valence-corrected chi connectivity index (χ0v) is 7.99. The lowest BCUT2D eigenvalue weighted by molar-refractivity contribution is 0.328. The Bertz CT molecular complexity index is 354. The molecule has 0 amide bonds. The molecule has 0 saturated heterocycles. The SMILES string of the molecule is C#CCNCC1COc2ccccc21. The summed E-state index contributed by atoms with van der Waals surface area (Å²) in [5, 5.41) is 3.20. The van der Waals surface area contributed by atoms with E-state index in [9.17, 15) is 0 Å². The Hall–Kier alpha value is -1.46. The number of nitrogens with one attached hydrogen (secondary N) is 1. The quantitative estimate of drug-likeness (QED) is 0.570. The number of ether oxygens (including phenoxy) is 1. The maximum absolute atomic E-state index is 5.55. The molecule has 2 nitrogen and oxygen atoms in total. The fraction of sp³-hybridized carbons (Fsp3) is 0.333. The molecule has 72 valence electrons. The van der Waals surface area contributed by atoms with Crippen LogP contribution in [-0.2, 0) is 0 Å². The first-order valence-corrected chi connectivity index (χ1v) is 4.77. The van der Waals surface area contributed by atoms with Gasteiger partial charge in [0, 0.05) is 18.0 Å². The highest BCUT2D eigenvalue weighted by Crippen LogP contribution is 2.32. The number of rotatable bonds is 3. The summed E-state index contributed by atoms with van der Waals surface area (Å²) in [6.45, 7) is 2.27. The number of hydrogen-bond acceptors (Lipinski definition) is 2. The lowest BCUT2D eigenvalue weighted by Gasteiger charge is -2.07. The van der Waals surface area contributed by atoms with Gasteiger partial charge in [-0.2, -0.15) is 0 Å². The van der Waals surface area contributed by atoms with Crippen LogP contribution in [0.1, 0.15) is 11.5 Å². The highest BCUT2D eigenvalue weighted by Gasteiger charge is 2.22. The molecule has 0 bridgehead atoms. The summed E-state index contributed by atoms with van der Waals surface area (Å²) in [6, 6.07) is 8.17. The molecule has 2 rings (SSSR count). The fourth-order valence-electron chi connectivity index (χ4n) is 1.72. The molecule has 0 fully saturated rings. The van der Waals surface area contributed by atoms with Gasteiger partial charge >= 0.3 is 0 Å². The smallest absolute Gasteiger partial charge is 0.122 e. The van der Waals surface area contributed by atoms with Gasteiger partial charge in [-0.1, -0.05) is 24.1 Å². The molecular formula is C12H13NO. The molecule has 1 heterocycles. The Balaban J connectivity index is 2.00. The summed E-state index contributed by atoms with van der Waals surface area (Å²) < 4.78 is 5.55. The molecule has 1 aromatic carbocycles. The maximum Gasteiger partial charge on any atom is 0.122 e. The molecule has 2 heteroatoms. The molecule has 0 radical (unpaired) electrons. The van der Waals surface area contributed by atoms with Crippen LogP contribution in [0.5, 0.6) is 5.75 Å². The van der Waals surface area contributed by atoms with Crippen LogP contribution in [0.2, 0.25) is 0 Å². The highest BCUT2D eigenvalue weighted by atomic mass is 16.5. The summed E-state index contributed by atoms with van der Waals surface area (Å²) in [5.41, 5.74) is 1.29. The monoisotopic (exact) mass is 187 g/mol. The minimum Gasteiger partial charge on any atom is -0.493 e. The Labute approximate surface area is 84.3 Å². The second-order valence-corrected chi connectivity index (χ2v) is 3.38. The van der Waals surface area contributed by atoms with Crippen LogP contribution in [0.25, 0.3) is 0 Å². The van der Waals surface area contributed by atoms with Gasteiger partial charge in [0.1, 0.15) is 5.75 Å². The number of terminal acetylenes is 1. The first-order valence-electron chi connectivity index (χ1n) is 4.77. The van der Waals surface area contributed by atoms with E-state index in [1.165, 1.54) is 5.56 Å². The van der Waals surface area contributed by atoms with E-state index in [0.717, 1.165) is 18.9 Å². The third-order valence-electron chi connectivity index (χ3n) is 2.42. The van der Waals surface area contributed by atoms with Crippen molar-refractivity contribution in [2.24, 2.45) is 0 Å². The number of fused-ring (bicyclic) bond motifs is 1. The van der Waals surface area contributed by atoms with Gasteiger partial charge in [0.2, 0.25) is 0 Å². The van der Waals surface area contributed by atoms with E-state index in [1.807, 2.05) is 18.2 Å². The van der Waals surface area contributed by atoms with Gasteiger partial charge in [-0.25, -0.2) is 0 Å². The lowest BCUT2D eigenvalue weighted by Crippen LogP contribution is -2.22. The van der Waals surface area contributed by atoms with E-state index in [4.69, 9.17) is 11.2 Å². The number of benzene rings is 1. The molecule has 1 atom stereocenters. The first kappa shape index (κ1) is 9.11. The van der Waals surface area contributed by atoms with Gasteiger partial charge in [-0.15, -0.1) is 6.42 Å². The molecule has 1 aromatic rings. The molecule has 1 aliphatic heterocycles. The van der Waals surface area contributed by atoms with Crippen molar-refractivity contribution in [3.8, 4) is 18.1 Å². The topological polar surface area (TPSA) is 21.3 Å². The summed E-state index contributed by atoms with van der Waals surface area (Å²) in [7, 11) is 0. The molecule has 0 saturated carbocycles. The van der Waals surface area contributed by atoms with Crippen LogP contribution in [0, 0.1) is 12.3 Å². The molecule has 1 unspecified atom stereocenters. The van der Waals surface area contributed by atoms with Gasteiger partial charge < -0.3 is 10.1 Å². The number of para-hydroxylation sites is 1. The van der Waals surface area contributed by atoms with E-state index in [0.29, 0.717) is 12.5 Å². The second-order valence-electron chi connectivity index (χ2n) is 3.38. The van der Waals surface area contributed by atoms with Crippen LogP contribution < -0.4 is 10.1 Å². The standard InChI is InChI=1S/C12H13NO/c1-2-7-13-8-10-9-14-12-6-4-3-5-11(10)12/h1,3-6,10,13H,7-9H2. The maximum atomic E-state index is 5.55. The van der Waals surface area contributed by atoms with Crippen molar-refractivity contribution in [1.29, 1.82) is 0 Å². The normalized spacial score (nSPS) is 18.4. The van der Waals surface area contributed by atoms with Crippen LogP contribution >= 0.6 is 0 Å². The zero-order chi connectivity index (χ0) is 9.80. The van der Waals surface area contributed by atoms with Gasteiger partial charge in [-0.05, 0) is 6.07 Å². The minimum atomic E-state index is 0.444. The van der Waals surface area contributed by atoms with Crippen LogP contribution in [-0.4, -0.2) is 19.7 Å². The van der Waals surface area contributed by atoms with Crippen LogP contribution in [0.3, 0.4) is 0 Å². The van der Waals surface area contributed by atoms with Gasteiger partial charge in [-0.3, -0.25) is 0 Å². The van der Waals surface area contributed by atoms with Crippen molar-refractivity contribution in [2.45, 2.75) is 5.92 Å². The van der Waals surface area contributed by atoms with Gasteiger partial charge in [0.05, 0.1) is 13.2 Å². The molecule has 0 aliphatic carbocycles. The number of hydrogen-bond donors (Lipinski definition) is 1. The molecule has 0 aromatic heterocycles. The minimum absolute atomic E-state index is 0.444. The van der Waals surface area contributed by atoms with E-state index < -0.39 is 0 Å². The van der Waals surface area contributed by atoms with Crippen LogP contribution in [0.4, 0.5) is 0 Å². The Morgan fingerprint density at radius 2 is 2.36 bits per heavy atom. The highest BCUT2D eigenvalue weighted by molar-refractivity contribution is 5.39. The van der Waals surface area contributed by atoms with Crippen molar-refractivity contribution in [1.82, 2.24) is 5.32 Å². The summed E-state index contributed by atoms with van der Waals surface area (Å²) in [6.07, 6.45) is 5.16. The van der Waals surface area contributed by atoms with Gasteiger partial charge in [0.25, 0.3) is 0 Å². The largest absolute Gasteiger partial charge is 0.493 e. The van der Waals surface area contributed by atoms with E-state index in [1.54, 1.807) is 0 Å². The predicted molar refractivity (Wildman–Crippen MR) is 56.4 cm³/mol. The van der Waals surface area contributed by atoms with Crippen molar-refractivity contribution < 1.29 is 4.74 Å². The molecule has 14 heavy (non-hydrogen) atoms. The Morgan fingerprint density at radius 1 is 1.50 bits per heavy atom. The summed E-state index contributed by atoms with van der Waals surface area (Å²) >= 11 is 0. The van der Waals surface area contributed by atoms with E-state index in [2.05, 4.69) is 17.3 Å². The Kier molecular flexibility index (Phi) is 2.71.